The van der Waals surface area contributed by atoms with Gasteiger partial charge < -0.3 is 25.0 Å². The van der Waals surface area contributed by atoms with Gasteiger partial charge in [-0.2, -0.15) is 0 Å². The zero-order chi connectivity index (χ0) is 22.8. The van der Waals surface area contributed by atoms with Crippen LogP contribution in [0.1, 0.15) is 32.6 Å². The average molecular weight is 461 g/mol. The quantitative estimate of drug-likeness (QED) is 0.533. The molecule has 1 fully saturated rings. The Labute approximate surface area is 191 Å². The van der Waals surface area contributed by atoms with Gasteiger partial charge in [0.25, 0.3) is 0 Å². The number of hydrogen-bond donors (Lipinski definition) is 2. The van der Waals surface area contributed by atoms with Gasteiger partial charge in [0.1, 0.15) is 12.3 Å². The Kier molecular flexibility index (Phi) is 9.00. The lowest BCUT2D eigenvalue weighted by molar-refractivity contribution is -0.125. The number of nitrogens with zero attached hydrogens (tertiary/aromatic N) is 2. The minimum Gasteiger partial charge on any atom is -0.494 e. The molecule has 3 amide bonds. The van der Waals surface area contributed by atoms with E-state index in [0.717, 1.165) is 12.8 Å². The number of carbonyl (C=O) groups is 3. The van der Waals surface area contributed by atoms with Crippen molar-refractivity contribution in [2.75, 3.05) is 36.5 Å². The zero-order valence-corrected chi connectivity index (χ0v) is 18.9. The molecule has 0 saturated carbocycles. The van der Waals surface area contributed by atoms with Gasteiger partial charge in [0.05, 0.1) is 12.7 Å². The van der Waals surface area contributed by atoms with Crippen LogP contribution in [0.3, 0.4) is 0 Å². The Bertz CT molecular complexity index is 882. The van der Waals surface area contributed by atoms with E-state index in [2.05, 4.69) is 15.6 Å². The van der Waals surface area contributed by atoms with Crippen molar-refractivity contribution in [3.63, 3.8) is 0 Å². The second-order valence-corrected chi connectivity index (χ2v) is 8.13. The SMILES string of the molecule is CCOc1ccc(N(CC(=O)NC[C@H]2CCCO2)C(=O)CCC(=O)Nc2nccs2)cc1. The van der Waals surface area contributed by atoms with Crippen molar-refractivity contribution >= 4 is 39.9 Å². The van der Waals surface area contributed by atoms with E-state index in [-0.39, 0.29) is 43.2 Å². The summed E-state index contributed by atoms with van der Waals surface area (Å²) < 4.78 is 11.0. The predicted octanol–water partition coefficient (Wildman–Crippen LogP) is 2.59. The Balaban J connectivity index is 1.60. The number of aromatic nitrogens is 1. The lowest BCUT2D eigenvalue weighted by Crippen LogP contribution is -2.43. The summed E-state index contributed by atoms with van der Waals surface area (Å²) in [7, 11) is 0. The number of rotatable bonds is 11. The van der Waals surface area contributed by atoms with E-state index in [1.807, 2.05) is 6.92 Å². The summed E-state index contributed by atoms with van der Waals surface area (Å²) in [5, 5.41) is 7.73. The number of benzene rings is 1. The summed E-state index contributed by atoms with van der Waals surface area (Å²) >= 11 is 1.30. The molecule has 0 unspecified atom stereocenters. The summed E-state index contributed by atoms with van der Waals surface area (Å²) in [6.07, 6.45) is 3.46. The normalized spacial score (nSPS) is 15.2. The fourth-order valence-electron chi connectivity index (χ4n) is 3.27. The molecule has 1 aromatic carbocycles. The summed E-state index contributed by atoms with van der Waals surface area (Å²) in [4.78, 5) is 43.0. The van der Waals surface area contributed by atoms with Crippen molar-refractivity contribution < 1.29 is 23.9 Å². The van der Waals surface area contributed by atoms with Gasteiger partial charge in [0.2, 0.25) is 17.7 Å². The van der Waals surface area contributed by atoms with Crippen molar-refractivity contribution in [2.24, 2.45) is 0 Å². The molecule has 172 valence electrons. The zero-order valence-electron chi connectivity index (χ0n) is 18.0. The van der Waals surface area contributed by atoms with Crippen LogP contribution < -0.4 is 20.3 Å². The smallest absolute Gasteiger partial charge is 0.240 e. The molecule has 3 rings (SSSR count). The van der Waals surface area contributed by atoms with E-state index in [1.54, 1.807) is 35.8 Å². The number of carbonyl (C=O) groups excluding carboxylic acids is 3. The molecule has 1 aliphatic rings. The lowest BCUT2D eigenvalue weighted by atomic mass is 10.2. The molecule has 0 aliphatic carbocycles. The van der Waals surface area contributed by atoms with Crippen LogP contribution in [0, 0.1) is 0 Å². The molecular formula is C22H28N4O5S. The molecule has 0 spiro atoms. The first kappa shape index (κ1) is 23.7. The first-order valence-electron chi connectivity index (χ1n) is 10.7. The highest BCUT2D eigenvalue weighted by Gasteiger charge is 2.22. The van der Waals surface area contributed by atoms with Gasteiger partial charge in [-0.1, -0.05) is 0 Å². The van der Waals surface area contributed by atoms with Crippen LogP contribution in [0.15, 0.2) is 35.8 Å². The van der Waals surface area contributed by atoms with Gasteiger partial charge in [0.15, 0.2) is 5.13 Å². The third kappa shape index (κ3) is 7.31. The maximum absolute atomic E-state index is 13.0. The molecule has 2 aromatic rings. The van der Waals surface area contributed by atoms with Crippen LogP contribution in [-0.2, 0) is 19.1 Å². The molecule has 0 bridgehead atoms. The molecular weight excluding hydrogens is 432 g/mol. The molecule has 1 aliphatic heterocycles. The van der Waals surface area contributed by atoms with Crippen LogP contribution in [0.4, 0.5) is 10.8 Å². The number of nitrogens with one attached hydrogen (secondary N) is 2. The molecule has 1 saturated heterocycles. The molecule has 2 N–H and O–H groups in total. The van der Waals surface area contributed by atoms with Crippen LogP contribution in [0.2, 0.25) is 0 Å². The van der Waals surface area contributed by atoms with Crippen LogP contribution in [0.25, 0.3) is 0 Å². The molecule has 32 heavy (non-hydrogen) atoms. The first-order valence-corrected chi connectivity index (χ1v) is 11.5. The Hall–Kier alpha value is -2.98. The van der Waals surface area contributed by atoms with Crippen molar-refractivity contribution in [1.29, 1.82) is 0 Å². The number of thiazole rings is 1. The van der Waals surface area contributed by atoms with Crippen LogP contribution >= 0.6 is 11.3 Å². The van der Waals surface area contributed by atoms with Gasteiger partial charge >= 0.3 is 0 Å². The Morgan fingerprint density at radius 1 is 1.22 bits per heavy atom. The van der Waals surface area contributed by atoms with E-state index in [4.69, 9.17) is 9.47 Å². The third-order valence-corrected chi connectivity index (χ3v) is 5.55. The Morgan fingerprint density at radius 2 is 2.03 bits per heavy atom. The molecule has 1 aromatic heterocycles. The highest BCUT2D eigenvalue weighted by molar-refractivity contribution is 7.13. The second kappa shape index (κ2) is 12.2. The van der Waals surface area contributed by atoms with Gasteiger partial charge in [-0.15, -0.1) is 11.3 Å². The second-order valence-electron chi connectivity index (χ2n) is 7.23. The summed E-state index contributed by atoms with van der Waals surface area (Å²) in [6, 6.07) is 6.95. The van der Waals surface area contributed by atoms with E-state index in [0.29, 0.717) is 36.3 Å². The minimum absolute atomic E-state index is 0.0104. The van der Waals surface area contributed by atoms with Gasteiger partial charge in [-0.25, -0.2) is 4.98 Å². The Morgan fingerprint density at radius 3 is 2.69 bits per heavy atom. The highest BCUT2D eigenvalue weighted by Crippen LogP contribution is 2.21. The van der Waals surface area contributed by atoms with E-state index < -0.39 is 0 Å². The summed E-state index contributed by atoms with van der Waals surface area (Å²) in [5.74, 6) is -0.234. The monoisotopic (exact) mass is 460 g/mol. The van der Waals surface area contributed by atoms with Crippen LogP contribution in [0.5, 0.6) is 5.75 Å². The number of amides is 3. The maximum Gasteiger partial charge on any atom is 0.240 e. The largest absolute Gasteiger partial charge is 0.494 e. The van der Waals surface area contributed by atoms with Crippen molar-refractivity contribution in [2.45, 2.75) is 38.7 Å². The van der Waals surface area contributed by atoms with E-state index >= 15 is 0 Å². The topological polar surface area (TPSA) is 110 Å². The van der Waals surface area contributed by atoms with Gasteiger partial charge in [-0.05, 0) is 44.0 Å². The number of ether oxygens (including phenoxy) is 2. The first-order chi connectivity index (χ1) is 15.5. The van der Waals surface area contributed by atoms with Crippen LogP contribution in [-0.4, -0.2) is 55.1 Å². The van der Waals surface area contributed by atoms with E-state index in [1.165, 1.54) is 16.2 Å². The van der Waals surface area contributed by atoms with Crippen molar-refractivity contribution in [3.8, 4) is 5.75 Å². The fraction of sp³-hybridized carbons (Fsp3) is 0.455. The number of anilines is 2. The molecule has 9 nitrogen and oxygen atoms in total. The minimum atomic E-state index is -0.323. The highest BCUT2D eigenvalue weighted by atomic mass is 32.1. The molecule has 10 heteroatoms. The fourth-order valence-corrected chi connectivity index (χ4v) is 3.81. The third-order valence-electron chi connectivity index (χ3n) is 4.86. The van der Waals surface area contributed by atoms with Gasteiger partial charge in [-0.3, -0.25) is 14.4 Å². The molecule has 1 atom stereocenters. The van der Waals surface area contributed by atoms with Crippen molar-refractivity contribution in [3.05, 3.63) is 35.8 Å². The summed E-state index contributed by atoms with van der Waals surface area (Å²) in [6.45, 7) is 3.40. The number of hydrogen-bond acceptors (Lipinski definition) is 7. The van der Waals surface area contributed by atoms with Crippen molar-refractivity contribution in [1.82, 2.24) is 10.3 Å². The predicted molar refractivity (Wildman–Crippen MR) is 122 cm³/mol. The molecule has 0 radical (unpaired) electrons. The van der Waals surface area contributed by atoms with Gasteiger partial charge in [0, 0.05) is 43.3 Å². The molecule has 2 heterocycles. The summed E-state index contributed by atoms with van der Waals surface area (Å²) in [5.41, 5.74) is 0.561. The average Bonchev–Trinajstić information content (AvgIpc) is 3.50. The van der Waals surface area contributed by atoms with E-state index in [9.17, 15) is 14.4 Å². The lowest BCUT2D eigenvalue weighted by Gasteiger charge is -2.23. The maximum atomic E-state index is 13.0. The standard InChI is InChI=1S/C22H28N4O5S/c1-2-30-17-7-5-16(6-8-17)26(15-20(28)24-14-18-4-3-12-31-18)21(29)10-9-19(27)25-22-23-11-13-32-22/h5-8,11,13,18H,2-4,9-10,12,14-15H2,1H3,(H,24,28)(H,23,25,27)/t18-/m1/s1.